The number of amides is 1. The van der Waals surface area contributed by atoms with Crippen LogP contribution in [0.2, 0.25) is 0 Å². The molecule has 34 heavy (non-hydrogen) atoms. The van der Waals surface area contributed by atoms with Crippen molar-refractivity contribution < 1.29 is 14.0 Å². The zero-order valence-corrected chi connectivity index (χ0v) is 21.2. The Hall–Kier alpha value is -2.95. The highest BCUT2D eigenvalue weighted by atomic mass is 19.1. The van der Waals surface area contributed by atoms with Crippen molar-refractivity contribution in [2.75, 3.05) is 24.5 Å². The molecule has 3 rings (SSSR count). The van der Waals surface area contributed by atoms with E-state index in [1.807, 2.05) is 50.3 Å². The largest absolute Gasteiger partial charge is 0.369 e. The molecular formula is C29H37FN2O2. The van der Waals surface area contributed by atoms with Gasteiger partial charge in [0.1, 0.15) is 5.82 Å². The first-order valence-corrected chi connectivity index (χ1v) is 12.4. The van der Waals surface area contributed by atoms with Gasteiger partial charge in [-0.2, -0.15) is 0 Å². The van der Waals surface area contributed by atoms with Gasteiger partial charge in [0.15, 0.2) is 5.78 Å². The van der Waals surface area contributed by atoms with Crippen LogP contribution in [0, 0.1) is 11.7 Å². The molecule has 4 nitrogen and oxygen atoms in total. The van der Waals surface area contributed by atoms with Crippen LogP contribution in [0.15, 0.2) is 42.5 Å². The second-order valence-corrected chi connectivity index (χ2v) is 9.28. The number of anilines is 1. The molecule has 0 N–H and O–H groups in total. The van der Waals surface area contributed by atoms with E-state index >= 15 is 0 Å². The summed E-state index contributed by atoms with van der Waals surface area (Å²) in [5.74, 6) is 0.285. The molecule has 1 aliphatic heterocycles. The Bertz CT molecular complexity index is 1080. The van der Waals surface area contributed by atoms with E-state index in [2.05, 4.69) is 18.7 Å². The maximum Gasteiger partial charge on any atom is 0.223 e. The number of rotatable bonds is 9. The molecule has 0 aromatic heterocycles. The highest BCUT2D eigenvalue weighted by molar-refractivity contribution is 5.99. The minimum Gasteiger partial charge on any atom is -0.369 e. The maximum atomic E-state index is 14.8. The van der Waals surface area contributed by atoms with Crippen LogP contribution in [0.25, 0.3) is 5.70 Å². The van der Waals surface area contributed by atoms with Gasteiger partial charge in [-0.15, -0.1) is 0 Å². The Labute approximate surface area is 203 Å². The zero-order chi connectivity index (χ0) is 24.8. The molecule has 0 bridgehead atoms. The number of hydrogen-bond acceptors (Lipinski definition) is 3. The molecular weight excluding hydrogens is 427 g/mol. The topological polar surface area (TPSA) is 40.6 Å². The normalized spacial score (nSPS) is 16.1. The lowest BCUT2D eigenvalue weighted by Crippen LogP contribution is -2.26. The molecule has 1 atom stereocenters. The molecule has 2 aromatic carbocycles. The predicted molar refractivity (Wildman–Crippen MR) is 138 cm³/mol. The first kappa shape index (κ1) is 25.7. The van der Waals surface area contributed by atoms with E-state index in [1.165, 1.54) is 6.07 Å². The van der Waals surface area contributed by atoms with Gasteiger partial charge in [-0.1, -0.05) is 44.5 Å². The second-order valence-electron chi connectivity index (χ2n) is 9.28. The van der Waals surface area contributed by atoms with Crippen molar-refractivity contribution in [3.63, 3.8) is 0 Å². The van der Waals surface area contributed by atoms with Crippen molar-refractivity contribution in [2.24, 2.45) is 5.92 Å². The van der Waals surface area contributed by atoms with Gasteiger partial charge in [0.25, 0.3) is 0 Å². The third-order valence-corrected chi connectivity index (χ3v) is 6.62. The molecule has 5 heteroatoms. The number of carbonyl (C=O) groups is 2. The number of carbonyl (C=O) groups excluding carboxylic acids is 2. The summed E-state index contributed by atoms with van der Waals surface area (Å²) < 4.78 is 14.8. The number of hydrogen-bond donors (Lipinski definition) is 0. The van der Waals surface area contributed by atoms with Gasteiger partial charge in [-0.25, -0.2) is 4.39 Å². The lowest BCUT2D eigenvalue weighted by molar-refractivity contribution is -0.125. The van der Waals surface area contributed by atoms with Crippen LogP contribution < -0.4 is 4.90 Å². The number of allylic oxidation sites excluding steroid dienone is 1. The molecule has 0 aliphatic carbocycles. The number of aryl methyl sites for hydroxylation is 1. The number of nitrogens with zero attached hydrogens (tertiary/aromatic N) is 2. The lowest BCUT2D eigenvalue weighted by Gasteiger charge is -2.23. The zero-order valence-electron chi connectivity index (χ0n) is 21.2. The van der Waals surface area contributed by atoms with E-state index in [1.54, 1.807) is 11.8 Å². The Morgan fingerprint density at radius 2 is 1.94 bits per heavy atom. The highest BCUT2D eigenvalue weighted by Crippen LogP contribution is 2.28. The minimum atomic E-state index is -0.259. The summed E-state index contributed by atoms with van der Waals surface area (Å²) in [7, 11) is 0. The van der Waals surface area contributed by atoms with Gasteiger partial charge in [-0.05, 0) is 67.5 Å². The van der Waals surface area contributed by atoms with Crippen LogP contribution in [0.4, 0.5) is 10.1 Å². The fourth-order valence-electron chi connectivity index (χ4n) is 4.89. The third kappa shape index (κ3) is 5.75. The molecule has 0 saturated carbocycles. The Balaban J connectivity index is 1.84. The SMILES string of the molecule is C/C=C(/c1ccc(C(=O)Cc2ccc(N3CCC(C)C3)c(F)c2)c(CCC)c1)N(CC)C(C)=O. The first-order valence-electron chi connectivity index (χ1n) is 12.4. The molecule has 2 aromatic rings. The average Bonchev–Trinajstić information content (AvgIpc) is 3.23. The number of Topliss-reactive ketones (excluding diaryl/α,β-unsaturated/α-hetero) is 1. The van der Waals surface area contributed by atoms with Gasteiger partial charge < -0.3 is 9.80 Å². The summed E-state index contributed by atoms with van der Waals surface area (Å²) in [6.45, 7) is 12.0. The van der Waals surface area contributed by atoms with Gasteiger partial charge in [-0.3, -0.25) is 9.59 Å². The third-order valence-electron chi connectivity index (χ3n) is 6.62. The quantitative estimate of drug-likeness (QED) is 0.410. The van der Waals surface area contributed by atoms with Crippen LogP contribution in [0.1, 0.15) is 74.5 Å². The molecule has 1 aliphatic rings. The lowest BCUT2D eigenvalue weighted by atomic mass is 9.93. The fourth-order valence-corrected chi connectivity index (χ4v) is 4.89. The number of ketones is 1. The molecule has 0 spiro atoms. The Morgan fingerprint density at radius 3 is 2.50 bits per heavy atom. The number of benzene rings is 2. The summed E-state index contributed by atoms with van der Waals surface area (Å²) in [6, 6.07) is 11.0. The molecule has 1 fully saturated rings. The Kier molecular flexibility index (Phi) is 8.65. The van der Waals surface area contributed by atoms with Gasteiger partial charge in [0.05, 0.1) is 5.69 Å². The second kappa shape index (κ2) is 11.5. The van der Waals surface area contributed by atoms with Crippen molar-refractivity contribution in [2.45, 2.75) is 60.3 Å². The molecule has 0 radical (unpaired) electrons. The summed E-state index contributed by atoms with van der Waals surface area (Å²) in [5, 5.41) is 0. The van der Waals surface area contributed by atoms with E-state index < -0.39 is 0 Å². The fraction of sp³-hybridized carbons (Fsp3) is 0.448. The van der Waals surface area contributed by atoms with Crippen molar-refractivity contribution in [3.8, 4) is 0 Å². The first-order chi connectivity index (χ1) is 16.3. The van der Waals surface area contributed by atoms with Crippen LogP contribution >= 0.6 is 0 Å². The van der Waals surface area contributed by atoms with Crippen molar-refractivity contribution >= 4 is 23.1 Å². The van der Waals surface area contributed by atoms with E-state index in [4.69, 9.17) is 0 Å². The van der Waals surface area contributed by atoms with Crippen LogP contribution in [0.5, 0.6) is 0 Å². The summed E-state index contributed by atoms with van der Waals surface area (Å²) in [6.07, 6.45) is 4.83. The standard InChI is InChI=1S/C29H37FN2O2/c1-6-9-23-18-24(27(7-2)32(8-3)21(5)33)11-12-25(23)29(34)17-22-10-13-28(26(30)16-22)31-15-14-20(4)19-31/h7,10-13,16,18,20H,6,8-9,14-15,17,19H2,1-5H3/b27-7-. The van der Waals surface area contributed by atoms with E-state index in [9.17, 15) is 14.0 Å². The predicted octanol–water partition coefficient (Wildman–Crippen LogP) is 6.28. The van der Waals surface area contributed by atoms with Crippen molar-refractivity contribution in [1.82, 2.24) is 4.90 Å². The van der Waals surface area contributed by atoms with Crippen LogP contribution in [-0.2, 0) is 17.6 Å². The summed E-state index contributed by atoms with van der Waals surface area (Å²) in [5.41, 5.74) is 4.72. The minimum absolute atomic E-state index is 0.0124. The van der Waals surface area contributed by atoms with E-state index in [-0.39, 0.29) is 23.9 Å². The van der Waals surface area contributed by atoms with Gasteiger partial charge in [0, 0.05) is 44.2 Å². The highest BCUT2D eigenvalue weighted by Gasteiger charge is 2.22. The number of halogens is 1. The summed E-state index contributed by atoms with van der Waals surface area (Å²) >= 11 is 0. The van der Waals surface area contributed by atoms with E-state index in [0.29, 0.717) is 29.3 Å². The van der Waals surface area contributed by atoms with Crippen LogP contribution in [-0.4, -0.2) is 36.2 Å². The Morgan fingerprint density at radius 1 is 1.18 bits per heavy atom. The average molecular weight is 465 g/mol. The van der Waals surface area contributed by atoms with Crippen molar-refractivity contribution in [1.29, 1.82) is 0 Å². The van der Waals surface area contributed by atoms with E-state index in [0.717, 1.165) is 49.2 Å². The van der Waals surface area contributed by atoms with Gasteiger partial charge in [0.2, 0.25) is 5.91 Å². The molecule has 1 unspecified atom stereocenters. The molecule has 1 saturated heterocycles. The van der Waals surface area contributed by atoms with Gasteiger partial charge >= 0.3 is 0 Å². The summed E-state index contributed by atoms with van der Waals surface area (Å²) in [4.78, 5) is 29.1. The van der Waals surface area contributed by atoms with Crippen LogP contribution in [0.3, 0.4) is 0 Å². The maximum absolute atomic E-state index is 14.8. The molecule has 1 amide bonds. The monoisotopic (exact) mass is 464 g/mol. The molecule has 1 heterocycles. The smallest absolute Gasteiger partial charge is 0.223 e. The molecule has 182 valence electrons. The van der Waals surface area contributed by atoms with Crippen molar-refractivity contribution in [3.05, 3.63) is 70.5 Å².